The fourth-order valence-corrected chi connectivity index (χ4v) is 5.64. The van der Waals surface area contributed by atoms with Gasteiger partial charge in [-0.1, -0.05) is 0 Å². The van der Waals surface area contributed by atoms with Crippen LogP contribution in [0, 0.1) is 0 Å². The predicted octanol–water partition coefficient (Wildman–Crippen LogP) is 4.60. The Morgan fingerprint density at radius 3 is 2.59 bits per heavy atom. The Hall–Kier alpha value is -4.70. The van der Waals surface area contributed by atoms with Crippen molar-refractivity contribution in [3.05, 3.63) is 78.1 Å². The van der Waals surface area contributed by atoms with Crippen LogP contribution in [-0.2, 0) is 11.8 Å². The maximum absolute atomic E-state index is 13.4. The molecule has 0 spiro atoms. The smallest absolute Gasteiger partial charge is 0.323 e. The molecule has 7 rings (SSSR count). The number of aromatic nitrogens is 3. The molecule has 2 fully saturated rings. The number of allylic oxidation sites excluding steroid dienone is 1. The molecule has 39 heavy (non-hydrogen) atoms. The zero-order valence-electron chi connectivity index (χ0n) is 21.3. The molecule has 1 aromatic carbocycles. The summed E-state index contributed by atoms with van der Waals surface area (Å²) in [7, 11) is 1.95. The van der Waals surface area contributed by atoms with Crippen molar-refractivity contribution >= 4 is 46.0 Å². The van der Waals surface area contributed by atoms with Gasteiger partial charge in [0.2, 0.25) is 5.78 Å². The summed E-state index contributed by atoms with van der Waals surface area (Å²) in [6, 6.07) is 10.0. The van der Waals surface area contributed by atoms with E-state index in [0.29, 0.717) is 22.7 Å². The van der Waals surface area contributed by atoms with Gasteiger partial charge in [0.15, 0.2) is 5.76 Å². The summed E-state index contributed by atoms with van der Waals surface area (Å²) in [5.74, 6) is 0.442. The van der Waals surface area contributed by atoms with E-state index >= 15 is 0 Å². The Bertz CT molecular complexity index is 1630. The van der Waals surface area contributed by atoms with Crippen molar-refractivity contribution < 1.29 is 19.1 Å². The average Bonchev–Trinajstić information content (AvgIpc) is 3.56. The van der Waals surface area contributed by atoms with Crippen LogP contribution in [0.3, 0.4) is 0 Å². The molecular weight excluding hydrogens is 496 g/mol. The highest BCUT2D eigenvalue weighted by Gasteiger charge is 2.35. The average molecular weight is 523 g/mol. The van der Waals surface area contributed by atoms with E-state index in [1.54, 1.807) is 48.8 Å². The maximum Gasteiger partial charge on any atom is 0.323 e. The number of pyridine rings is 2. The first-order valence-corrected chi connectivity index (χ1v) is 12.9. The number of amides is 2. The summed E-state index contributed by atoms with van der Waals surface area (Å²) >= 11 is 0. The van der Waals surface area contributed by atoms with Gasteiger partial charge in [0.1, 0.15) is 11.4 Å². The Labute approximate surface area is 224 Å². The lowest BCUT2D eigenvalue weighted by Crippen LogP contribution is -2.42. The molecule has 2 amide bonds. The number of carbonyl (C=O) groups is 2. The van der Waals surface area contributed by atoms with Crippen LogP contribution in [0.1, 0.15) is 28.8 Å². The molecule has 2 saturated heterocycles. The number of carbonyl (C=O) groups excluding carboxylic acids is 2. The minimum absolute atomic E-state index is 0.229. The molecule has 2 N–H and O–H groups in total. The molecule has 3 aliphatic heterocycles. The second-order valence-electron chi connectivity index (χ2n) is 10.1. The maximum atomic E-state index is 13.4. The third-order valence-electron chi connectivity index (χ3n) is 7.40. The zero-order valence-corrected chi connectivity index (χ0v) is 21.3. The van der Waals surface area contributed by atoms with E-state index in [9.17, 15) is 9.59 Å². The van der Waals surface area contributed by atoms with Gasteiger partial charge in [-0.25, -0.2) is 9.78 Å². The van der Waals surface area contributed by atoms with Gasteiger partial charge in [-0.15, -0.1) is 0 Å². The number of ketones is 1. The number of hydrogen-bond acceptors (Lipinski definition) is 7. The van der Waals surface area contributed by atoms with Crippen LogP contribution in [0.5, 0.6) is 5.75 Å². The topological polar surface area (TPSA) is 111 Å². The van der Waals surface area contributed by atoms with E-state index in [1.165, 1.54) is 0 Å². The number of nitrogens with one attached hydrogen (secondary N) is 2. The number of anilines is 3. The fourth-order valence-electron chi connectivity index (χ4n) is 5.64. The van der Waals surface area contributed by atoms with E-state index in [-0.39, 0.29) is 23.8 Å². The number of Topliss-reactive ketones (excluding diaryl/α,β-unsaturated/α-hetero) is 1. The van der Waals surface area contributed by atoms with Crippen molar-refractivity contribution in [2.24, 2.45) is 7.05 Å². The highest BCUT2D eigenvalue weighted by atomic mass is 16.5. The lowest BCUT2D eigenvalue weighted by molar-refractivity contribution is 0.0306. The molecule has 2 atom stereocenters. The van der Waals surface area contributed by atoms with Crippen LogP contribution >= 0.6 is 0 Å². The molecular formula is C29H26N6O4. The van der Waals surface area contributed by atoms with Gasteiger partial charge in [-0.05, 0) is 55.3 Å². The number of rotatable bonds is 4. The van der Waals surface area contributed by atoms with E-state index in [4.69, 9.17) is 9.47 Å². The molecule has 2 bridgehead atoms. The number of nitrogens with zero attached hydrogens (tertiary/aromatic N) is 4. The monoisotopic (exact) mass is 522 g/mol. The summed E-state index contributed by atoms with van der Waals surface area (Å²) in [6.07, 6.45) is 11.4. The van der Waals surface area contributed by atoms with E-state index in [0.717, 1.165) is 48.2 Å². The van der Waals surface area contributed by atoms with Gasteiger partial charge in [0, 0.05) is 67.2 Å². The van der Waals surface area contributed by atoms with E-state index < -0.39 is 6.03 Å². The number of morpholine rings is 1. The largest absolute Gasteiger partial charge is 0.452 e. The number of ether oxygens (including phenoxy) is 2. The second-order valence-corrected chi connectivity index (χ2v) is 10.1. The molecule has 3 aromatic heterocycles. The van der Waals surface area contributed by atoms with Crippen LogP contribution in [0.25, 0.3) is 17.1 Å². The minimum Gasteiger partial charge on any atom is -0.452 e. The fraction of sp³-hybridized carbons (Fsp3) is 0.241. The summed E-state index contributed by atoms with van der Waals surface area (Å²) in [5.41, 5.74) is 4.28. The minimum atomic E-state index is -0.421. The van der Waals surface area contributed by atoms with Crippen molar-refractivity contribution in [2.75, 3.05) is 28.6 Å². The van der Waals surface area contributed by atoms with Crippen LogP contribution < -0.4 is 20.3 Å². The molecule has 6 heterocycles. The van der Waals surface area contributed by atoms with Gasteiger partial charge < -0.3 is 29.6 Å². The number of hydrogen-bond donors (Lipinski definition) is 2. The molecule has 0 aliphatic carbocycles. The molecule has 0 saturated carbocycles. The van der Waals surface area contributed by atoms with Gasteiger partial charge in [0.05, 0.1) is 23.5 Å². The van der Waals surface area contributed by atoms with Crippen LogP contribution in [0.15, 0.2) is 66.9 Å². The third kappa shape index (κ3) is 4.28. The molecule has 0 radical (unpaired) electrons. The third-order valence-corrected chi connectivity index (χ3v) is 7.40. The van der Waals surface area contributed by atoms with Crippen molar-refractivity contribution in [3.8, 4) is 5.75 Å². The van der Waals surface area contributed by atoms with Crippen molar-refractivity contribution in [3.63, 3.8) is 0 Å². The molecule has 4 aromatic rings. The highest BCUT2D eigenvalue weighted by molar-refractivity contribution is 6.16. The summed E-state index contributed by atoms with van der Waals surface area (Å²) in [4.78, 5) is 36.7. The zero-order chi connectivity index (χ0) is 26.5. The van der Waals surface area contributed by atoms with Crippen LogP contribution in [-0.4, -0.2) is 51.6 Å². The van der Waals surface area contributed by atoms with Crippen LogP contribution in [0.4, 0.5) is 21.9 Å². The lowest BCUT2D eigenvalue weighted by atomic mass is 10.1. The Morgan fingerprint density at radius 1 is 1.03 bits per heavy atom. The standard InChI is InChI=1S/C29H26N6O4/c1-34-14-17(26-23(8-11-31-28(26)34)35-15-20-3-4-21(16-35)38-20)12-25-27(36)22-13-19(2-5-24(22)39-25)33-29(37)32-18-6-9-30-10-7-18/h2,5-14,20-21H,3-4,15-16H2,1H3,(H2,30,32,33,37). The molecule has 10 nitrogen and oxygen atoms in total. The number of benzene rings is 1. The van der Waals surface area contributed by atoms with E-state index in [2.05, 4.69) is 25.5 Å². The van der Waals surface area contributed by atoms with Gasteiger partial charge in [-0.3, -0.25) is 9.78 Å². The first kappa shape index (κ1) is 23.4. The molecule has 2 unspecified atom stereocenters. The Kier molecular flexibility index (Phi) is 5.55. The highest BCUT2D eigenvalue weighted by Crippen LogP contribution is 2.38. The molecule has 3 aliphatic rings. The van der Waals surface area contributed by atoms with Crippen LogP contribution in [0.2, 0.25) is 0 Å². The van der Waals surface area contributed by atoms with Crippen molar-refractivity contribution in [2.45, 2.75) is 25.0 Å². The predicted molar refractivity (Wildman–Crippen MR) is 147 cm³/mol. The number of aryl methyl sites for hydroxylation is 1. The molecule has 10 heteroatoms. The van der Waals surface area contributed by atoms with Gasteiger partial charge in [0.25, 0.3) is 0 Å². The quantitative estimate of drug-likeness (QED) is 0.377. The number of urea groups is 1. The van der Waals surface area contributed by atoms with Crippen molar-refractivity contribution in [1.82, 2.24) is 14.5 Å². The molecule has 196 valence electrons. The summed E-state index contributed by atoms with van der Waals surface area (Å²) in [5, 5.41) is 6.48. The SMILES string of the molecule is Cn1cc(C=C2Oc3ccc(NC(=O)Nc4ccncc4)cc3C2=O)c2c(N3CC4CCC(C3)O4)ccnc21. The first-order valence-electron chi connectivity index (χ1n) is 12.9. The second kappa shape index (κ2) is 9.25. The summed E-state index contributed by atoms with van der Waals surface area (Å²) < 4.78 is 14.0. The van der Waals surface area contributed by atoms with Gasteiger partial charge in [-0.2, -0.15) is 0 Å². The first-order chi connectivity index (χ1) is 19.0. The Balaban J connectivity index is 1.16. The number of fused-ring (bicyclic) bond motifs is 4. The van der Waals surface area contributed by atoms with E-state index in [1.807, 2.05) is 30.1 Å². The van der Waals surface area contributed by atoms with Gasteiger partial charge >= 0.3 is 6.03 Å². The normalized spacial score (nSPS) is 20.8. The van der Waals surface area contributed by atoms with Crippen molar-refractivity contribution in [1.29, 1.82) is 0 Å². The Morgan fingerprint density at radius 2 is 1.79 bits per heavy atom. The lowest BCUT2D eigenvalue weighted by Gasteiger charge is -2.34. The summed E-state index contributed by atoms with van der Waals surface area (Å²) in [6.45, 7) is 1.68.